The average molecular weight is 248 g/mol. The highest BCUT2D eigenvalue weighted by Crippen LogP contribution is 2.21. The summed E-state index contributed by atoms with van der Waals surface area (Å²) < 4.78 is 0. The number of aryl methyl sites for hydroxylation is 1. The van der Waals surface area contributed by atoms with Gasteiger partial charge < -0.3 is 15.7 Å². The first kappa shape index (κ1) is 12.9. The van der Waals surface area contributed by atoms with Crippen LogP contribution >= 0.6 is 0 Å². The van der Waals surface area contributed by atoms with E-state index in [1.165, 1.54) is 6.42 Å². The lowest BCUT2D eigenvalue weighted by Crippen LogP contribution is -2.15. The Hall–Kier alpha value is -1.55. The molecule has 1 aliphatic rings. The zero-order chi connectivity index (χ0) is 13.0. The summed E-state index contributed by atoms with van der Waals surface area (Å²) in [6.45, 7) is 3.98. The number of amides is 1. The molecule has 1 atom stereocenters. The van der Waals surface area contributed by atoms with E-state index < -0.39 is 0 Å². The molecule has 2 rings (SSSR count). The first-order chi connectivity index (χ1) is 8.65. The minimum absolute atomic E-state index is 0.0516. The third kappa shape index (κ3) is 3.47. The van der Waals surface area contributed by atoms with Gasteiger partial charge in [-0.1, -0.05) is 0 Å². The summed E-state index contributed by atoms with van der Waals surface area (Å²) >= 11 is 0. The third-order valence-corrected chi connectivity index (χ3v) is 3.43. The molecule has 1 saturated heterocycles. The Morgan fingerprint density at radius 1 is 1.56 bits per heavy atom. The van der Waals surface area contributed by atoms with Gasteiger partial charge in [-0.05, 0) is 62.5 Å². The summed E-state index contributed by atoms with van der Waals surface area (Å²) in [6, 6.07) is 4.97. The molecule has 1 aromatic carbocycles. The van der Waals surface area contributed by atoms with E-state index in [4.69, 9.17) is 0 Å². The zero-order valence-corrected chi connectivity index (χ0v) is 10.7. The molecule has 18 heavy (non-hydrogen) atoms. The van der Waals surface area contributed by atoms with Crippen molar-refractivity contribution in [1.29, 1.82) is 0 Å². The lowest BCUT2D eigenvalue weighted by atomic mass is 10.0. The van der Waals surface area contributed by atoms with Gasteiger partial charge in [-0.15, -0.1) is 0 Å². The molecule has 1 fully saturated rings. The van der Waals surface area contributed by atoms with Crippen molar-refractivity contribution in [2.75, 3.05) is 18.4 Å². The Bertz CT molecular complexity index is 426. The lowest BCUT2D eigenvalue weighted by Gasteiger charge is -2.10. The molecule has 0 spiro atoms. The molecule has 1 aliphatic heterocycles. The predicted molar refractivity (Wildman–Crippen MR) is 71.7 cm³/mol. The normalized spacial score (nSPS) is 18.8. The standard InChI is InChI=1S/C14H20N2O2/c1-10-8-12(17)3-4-13(10)16-14(18)5-2-11-6-7-15-9-11/h3-4,8,11,15,17H,2,5-7,9H2,1H3,(H,16,18). The Morgan fingerprint density at radius 3 is 3.06 bits per heavy atom. The molecule has 4 nitrogen and oxygen atoms in total. The van der Waals surface area contributed by atoms with Crippen molar-refractivity contribution < 1.29 is 9.90 Å². The molecule has 4 heteroatoms. The van der Waals surface area contributed by atoms with Crippen LogP contribution in [0.25, 0.3) is 0 Å². The molecule has 0 radical (unpaired) electrons. The van der Waals surface area contributed by atoms with E-state index in [0.29, 0.717) is 12.3 Å². The fraction of sp³-hybridized carbons (Fsp3) is 0.500. The van der Waals surface area contributed by atoms with Crippen LogP contribution < -0.4 is 10.6 Å². The van der Waals surface area contributed by atoms with Gasteiger partial charge in [0, 0.05) is 12.1 Å². The molecule has 98 valence electrons. The number of hydrogen-bond acceptors (Lipinski definition) is 3. The summed E-state index contributed by atoms with van der Waals surface area (Å²) in [7, 11) is 0. The molecule has 0 aromatic heterocycles. The van der Waals surface area contributed by atoms with E-state index in [9.17, 15) is 9.90 Å². The van der Waals surface area contributed by atoms with Crippen LogP contribution in [0.1, 0.15) is 24.8 Å². The number of phenols is 1. The molecular formula is C14H20N2O2. The number of nitrogens with one attached hydrogen (secondary N) is 2. The van der Waals surface area contributed by atoms with Crippen LogP contribution in [0.4, 0.5) is 5.69 Å². The summed E-state index contributed by atoms with van der Waals surface area (Å²) in [6.07, 6.45) is 2.67. The largest absolute Gasteiger partial charge is 0.508 e. The van der Waals surface area contributed by atoms with Crippen LogP contribution in [0.5, 0.6) is 5.75 Å². The maximum absolute atomic E-state index is 11.8. The van der Waals surface area contributed by atoms with E-state index in [0.717, 1.165) is 30.8 Å². The summed E-state index contributed by atoms with van der Waals surface area (Å²) in [5, 5.41) is 15.5. The Labute approximate surface area is 107 Å². The van der Waals surface area contributed by atoms with Gasteiger partial charge in [0.15, 0.2) is 0 Å². The van der Waals surface area contributed by atoms with Crippen molar-refractivity contribution >= 4 is 11.6 Å². The van der Waals surface area contributed by atoms with Crippen molar-refractivity contribution in [3.63, 3.8) is 0 Å². The predicted octanol–water partition coefficient (Wildman–Crippen LogP) is 2.03. The van der Waals surface area contributed by atoms with Crippen molar-refractivity contribution in [2.24, 2.45) is 5.92 Å². The minimum atomic E-state index is 0.0516. The van der Waals surface area contributed by atoms with Crippen LogP contribution in [0.2, 0.25) is 0 Å². The summed E-state index contributed by atoms with van der Waals surface area (Å²) in [4.78, 5) is 11.8. The smallest absolute Gasteiger partial charge is 0.224 e. The van der Waals surface area contributed by atoms with Crippen molar-refractivity contribution in [3.8, 4) is 5.75 Å². The number of rotatable bonds is 4. The van der Waals surface area contributed by atoms with Gasteiger partial charge in [0.05, 0.1) is 0 Å². The Morgan fingerprint density at radius 2 is 2.39 bits per heavy atom. The highest BCUT2D eigenvalue weighted by atomic mass is 16.3. The number of aromatic hydroxyl groups is 1. The summed E-state index contributed by atoms with van der Waals surface area (Å²) in [5.41, 5.74) is 1.66. The van der Waals surface area contributed by atoms with E-state index in [2.05, 4.69) is 10.6 Å². The van der Waals surface area contributed by atoms with Crippen LogP contribution in [0.15, 0.2) is 18.2 Å². The third-order valence-electron chi connectivity index (χ3n) is 3.43. The average Bonchev–Trinajstić information content (AvgIpc) is 2.83. The maximum Gasteiger partial charge on any atom is 0.224 e. The maximum atomic E-state index is 11.8. The van der Waals surface area contributed by atoms with Gasteiger partial charge >= 0.3 is 0 Å². The van der Waals surface area contributed by atoms with E-state index >= 15 is 0 Å². The molecule has 0 bridgehead atoms. The van der Waals surface area contributed by atoms with Gasteiger partial charge in [-0.2, -0.15) is 0 Å². The number of phenolic OH excluding ortho intramolecular Hbond substituents is 1. The van der Waals surface area contributed by atoms with Gasteiger partial charge in [0.1, 0.15) is 5.75 Å². The van der Waals surface area contributed by atoms with Crippen molar-refractivity contribution in [3.05, 3.63) is 23.8 Å². The molecule has 0 saturated carbocycles. The van der Waals surface area contributed by atoms with Gasteiger partial charge in [0.25, 0.3) is 0 Å². The number of carbonyl (C=O) groups excluding carboxylic acids is 1. The van der Waals surface area contributed by atoms with Crippen LogP contribution in [-0.4, -0.2) is 24.1 Å². The molecule has 1 amide bonds. The number of anilines is 1. The lowest BCUT2D eigenvalue weighted by molar-refractivity contribution is -0.116. The molecule has 1 aromatic rings. The van der Waals surface area contributed by atoms with Crippen LogP contribution in [-0.2, 0) is 4.79 Å². The topological polar surface area (TPSA) is 61.4 Å². The second kappa shape index (κ2) is 5.87. The van der Waals surface area contributed by atoms with E-state index in [1.54, 1.807) is 18.2 Å². The van der Waals surface area contributed by atoms with E-state index in [1.807, 2.05) is 6.92 Å². The quantitative estimate of drug-likeness (QED) is 0.714. The zero-order valence-electron chi connectivity index (χ0n) is 10.7. The Kier molecular flexibility index (Phi) is 4.20. The van der Waals surface area contributed by atoms with Gasteiger partial charge in [0.2, 0.25) is 5.91 Å². The molecule has 3 N–H and O–H groups in total. The van der Waals surface area contributed by atoms with Crippen LogP contribution in [0, 0.1) is 12.8 Å². The van der Waals surface area contributed by atoms with Crippen molar-refractivity contribution in [2.45, 2.75) is 26.2 Å². The monoisotopic (exact) mass is 248 g/mol. The highest BCUT2D eigenvalue weighted by Gasteiger charge is 2.15. The van der Waals surface area contributed by atoms with Crippen LogP contribution in [0.3, 0.4) is 0 Å². The van der Waals surface area contributed by atoms with Crippen molar-refractivity contribution in [1.82, 2.24) is 5.32 Å². The molecule has 0 aliphatic carbocycles. The molecule has 1 unspecified atom stereocenters. The Balaban J connectivity index is 1.82. The molecule has 1 heterocycles. The number of carbonyl (C=O) groups is 1. The minimum Gasteiger partial charge on any atom is -0.508 e. The summed E-state index contributed by atoms with van der Waals surface area (Å²) in [5.74, 6) is 0.912. The second-order valence-corrected chi connectivity index (χ2v) is 4.94. The van der Waals surface area contributed by atoms with Gasteiger partial charge in [-0.3, -0.25) is 4.79 Å². The first-order valence-corrected chi connectivity index (χ1v) is 6.45. The fourth-order valence-electron chi connectivity index (χ4n) is 2.30. The number of hydrogen-bond donors (Lipinski definition) is 3. The fourth-order valence-corrected chi connectivity index (χ4v) is 2.30. The van der Waals surface area contributed by atoms with Gasteiger partial charge in [-0.25, -0.2) is 0 Å². The van der Waals surface area contributed by atoms with E-state index in [-0.39, 0.29) is 11.7 Å². The second-order valence-electron chi connectivity index (χ2n) is 4.94. The SMILES string of the molecule is Cc1cc(O)ccc1NC(=O)CCC1CCNC1. The highest BCUT2D eigenvalue weighted by molar-refractivity contribution is 5.91. The first-order valence-electron chi connectivity index (χ1n) is 6.45. The molecular weight excluding hydrogens is 228 g/mol. The number of benzene rings is 1.